The van der Waals surface area contributed by atoms with Crippen molar-refractivity contribution >= 4 is 0 Å². The number of nitrogens with one attached hydrogen (secondary N) is 1. The Kier molecular flexibility index (Phi) is 3.19. The molecule has 3 rings (SSSR count). The van der Waals surface area contributed by atoms with Crippen LogP contribution in [0.2, 0.25) is 0 Å². The van der Waals surface area contributed by atoms with E-state index in [9.17, 15) is 0 Å². The molecule has 0 unspecified atom stereocenters. The molecule has 0 bridgehead atoms. The summed E-state index contributed by atoms with van der Waals surface area (Å²) >= 11 is 0. The van der Waals surface area contributed by atoms with E-state index in [1.165, 1.54) is 37.8 Å². The molecule has 1 heterocycles. The predicted molar refractivity (Wildman–Crippen MR) is 68.5 cm³/mol. The highest BCUT2D eigenvalue weighted by atomic mass is 15.3. The molecule has 0 aliphatic heterocycles. The fourth-order valence-corrected chi connectivity index (χ4v) is 2.82. The van der Waals surface area contributed by atoms with E-state index in [4.69, 9.17) is 0 Å². The van der Waals surface area contributed by atoms with Crippen molar-refractivity contribution in [2.75, 3.05) is 6.54 Å². The van der Waals surface area contributed by atoms with Crippen molar-refractivity contribution in [3.05, 3.63) is 18.0 Å². The van der Waals surface area contributed by atoms with E-state index in [1.54, 1.807) is 0 Å². The monoisotopic (exact) mass is 233 g/mol. The SMILES string of the molecule is CCn1cc(CNCC(C2CC2)C2CC2)cn1. The van der Waals surface area contributed by atoms with E-state index in [1.807, 2.05) is 10.9 Å². The van der Waals surface area contributed by atoms with Crippen molar-refractivity contribution in [1.29, 1.82) is 0 Å². The van der Waals surface area contributed by atoms with Gasteiger partial charge in [-0.2, -0.15) is 5.10 Å². The average Bonchev–Trinajstić information content (AvgIpc) is 3.25. The second kappa shape index (κ2) is 4.81. The standard InChI is InChI=1S/C14H23N3/c1-2-17-10-11(8-16-17)7-15-9-14(12-3-4-12)13-5-6-13/h8,10,12-15H,2-7,9H2,1H3. The van der Waals surface area contributed by atoms with Crippen molar-refractivity contribution in [3.8, 4) is 0 Å². The second-order valence-corrected chi connectivity index (χ2v) is 5.67. The molecule has 0 atom stereocenters. The topological polar surface area (TPSA) is 29.9 Å². The van der Waals surface area contributed by atoms with E-state index in [2.05, 4.69) is 23.5 Å². The van der Waals surface area contributed by atoms with Crippen LogP contribution < -0.4 is 5.32 Å². The van der Waals surface area contributed by atoms with Crippen molar-refractivity contribution in [1.82, 2.24) is 15.1 Å². The van der Waals surface area contributed by atoms with Crippen molar-refractivity contribution in [2.24, 2.45) is 17.8 Å². The summed E-state index contributed by atoms with van der Waals surface area (Å²) in [6, 6.07) is 0. The molecule has 0 amide bonds. The summed E-state index contributed by atoms with van der Waals surface area (Å²) in [5.41, 5.74) is 1.32. The third kappa shape index (κ3) is 2.89. The highest BCUT2D eigenvalue weighted by molar-refractivity contribution is 5.03. The van der Waals surface area contributed by atoms with E-state index >= 15 is 0 Å². The van der Waals surface area contributed by atoms with Gasteiger partial charge >= 0.3 is 0 Å². The average molecular weight is 233 g/mol. The lowest BCUT2D eigenvalue weighted by atomic mass is 9.98. The maximum atomic E-state index is 4.30. The van der Waals surface area contributed by atoms with E-state index in [-0.39, 0.29) is 0 Å². The molecule has 0 spiro atoms. The molecule has 1 N–H and O–H groups in total. The van der Waals surface area contributed by atoms with Gasteiger partial charge in [-0.05, 0) is 56.9 Å². The van der Waals surface area contributed by atoms with Gasteiger partial charge in [-0.25, -0.2) is 0 Å². The molecule has 1 aromatic rings. The van der Waals surface area contributed by atoms with Crippen LogP contribution >= 0.6 is 0 Å². The molecular formula is C14H23N3. The van der Waals surface area contributed by atoms with Gasteiger partial charge in [0.1, 0.15) is 0 Å². The third-order valence-corrected chi connectivity index (χ3v) is 4.17. The molecule has 0 saturated heterocycles. The summed E-state index contributed by atoms with van der Waals surface area (Å²) in [6.45, 7) is 5.29. The smallest absolute Gasteiger partial charge is 0.0534 e. The van der Waals surface area contributed by atoms with Crippen LogP contribution in [0.5, 0.6) is 0 Å². The first kappa shape index (κ1) is 11.3. The minimum Gasteiger partial charge on any atom is -0.312 e. The summed E-state index contributed by atoms with van der Waals surface area (Å²) < 4.78 is 2.00. The molecular weight excluding hydrogens is 210 g/mol. The Morgan fingerprint density at radius 3 is 2.59 bits per heavy atom. The number of hydrogen-bond donors (Lipinski definition) is 1. The molecule has 2 fully saturated rings. The van der Waals surface area contributed by atoms with E-state index in [0.29, 0.717) is 0 Å². The van der Waals surface area contributed by atoms with Gasteiger partial charge in [0.2, 0.25) is 0 Å². The highest BCUT2D eigenvalue weighted by Crippen LogP contribution is 2.48. The maximum absolute atomic E-state index is 4.30. The fraction of sp³-hybridized carbons (Fsp3) is 0.786. The van der Waals surface area contributed by atoms with Crippen LogP contribution in [0.4, 0.5) is 0 Å². The number of aromatic nitrogens is 2. The first-order valence-corrected chi connectivity index (χ1v) is 7.09. The molecule has 94 valence electrons. The van der Waals surface area contributed by atoms with Gasteiger partial charge in [-0.1, -0.05) is 0 Å². The molecule has 2 saturated carbocycles. The van der Waals surface area contributed by atoms with Gasteiger partial charge in [-0.3, -0.25) is 4.68 Å². The maximum Gasteiger partial charge on any atom is 0.0534 e. The molecule has 0 radical (unpaired) electrons. The van der Waals surface area contributed by atoms with Crippen molar-refractivity contribution < 1.29 is 0 Å². The number of hydrogen-bond acceptors (Lipinski definition) is 2. The lowest BCUT2D eigenvalue weighted by Gasteiger charge is -2.15. The van der Waals surface area contributed by atoms with Crippen molar-refractivity contribution in [3.63, 3.8) is 0 Å². The summed E-state index contributed by atoms with van der Waals surface area (Å²) in [6.07, 6.45) is 10.1. The van der Waals surface area contributed by atoms with Crippen LogP contribution in [-0.4, -0.2) is 16.3 Å². The quantitative estimate of drug-likeness (QED) is 0.784. The summed E-state index contributed by atoms with van der Waals surface area (Å²) in [5, 5.41) is 7.93. The van der Waals surface area contributed by atoms with E-state index in [0.717, 1.165) is 30.8 Å². The molecule has 2 aliphatic carbocycles. The largest absolute Gasteiger partial charge is 0.312 e. The summed E-state index contributed by atoms with van der Waals surface area (Å²) in [4.78, 5) is 0. The molecule has 3 heteroatoms. The normalized spacial score (nSPS) is 20.1. The first-order valence-electron chi connectivity index (χ1n) is 7.09. The van der Waals surface area contributed by atoms with Gasteiger partial charge in [0.05, 0.1) is 6.20 Å². The van der Waals surface area contributed by atoms with Crippen LogP contribution in [-0.2, 0) is 13.1 Å². The number of nitrogens with zero attached hydrogens (tertiary/aromatic N) is 2. The highest BCUT2D eigenvalue weighted by Gasteiger charge is 2.40. The fourth-order valence-electron chi connectivity index (χ4n) is 2.82. The van der Waals surface area contributed by atoms with Crippen LogP contribution in [0.25, 0.3) is 0 Å². The van der Waals surface area contributed by atoms with Crippen LogP contribution in [0.15, 0.2) is 12.4 Å². The zero-order valence-corrected chi connectivity index (χ0v) is 10.7. The van der Waals surface area contributed by atoms with Gasteiger partial charge in [0, 0.05) is 24.8 Å². The lowest BCUT2D eigenvalue weighted by Crippen LogP contribution is -2.25. The molecule has 2 aliphatic rings. The van der Waals surface area contributed by atoms with Crippen LogP contribution in [0.3, 0.4) is 0 Å². The Labute approximate surface area is 104 Å². The van der Waals surface area contributed by atoms with Crippen LogP contribution in [0.1, 0.15) is 38.2 Å². The number of aryl methyl sites for hydroxylation is 1. The Morgan fingerprint density at radius 2 is 2.06 bits per heavy atom. The number of rotatable bonds is 7. The lowest BCUT2D eigenvalue weighted by molar-refractivity contribution is 0.378. The predicted octanol–water partition coefficient (Wildman–Crippen LogP) is 2.43. The van der Waals surface area contributed by atoms with E-state index < -0.39 is 0 Å². The Bertz CT molecular complexity index is 351. The Hall–Kier alpha value is -0.830. The summed E-state index contributed by atoms with van der Waals surface area (Å²) in [5.74, 6) is 3.07. The van der Waals surface area contributed by atoms with Crippen molar-refractivity contribution in [2.45, 2.75) is 45.7 Å². The third-order valence-electron chi connectivity index (χ3n) is 4.17. The second-order valence-electron chi connectivity index (χ2n) is 5.67. The zero-order chi connectivity index (χ0) is 11.7. The Morgan fingerprint density at radius 1 is 1.35 bits per heavy atom. The van der Waals surface area contributed by atoms with Gasteiger partial charge in [0.15, 0.2) is 0 Å². The Balaban J connectivity index is 1.44. The van der Waals surface area contributed by atoms with Gasteiger partial charge in [0.25, 0.3) is 0 Å². The molecule has 3 nitrogen and oxygen atoms in total. The van der Waals surface area contributed by atoms with Gasteiger partial charge in [-0.15, -0.1) is 0 Å². The first-order chi connectivity index (χ1) is 8.36. The zero-order valence-electron chi connectivity index (χ0n) is 10.7. The minimum absolute atomic E-state index is 0.965. The molecule has 0 aromatic carbocycles. The molecule has 17 heavy (non-hydrogen) atoms. The van der Waals surface area contributed by atoms with Crippen LogP contribution in [0, 0.1) is 17.8 Å². The minimum atomic E-state index is 0.965. The van der Waals surface area contributed by atoms with Gasteiger partial charge < -0.3 is 5.32 Å². The summed E-state index contributed by atoms with van der Waals surface area (Å²) in [7, 11) is 0. The molecule has 1 aromatic heterocycles.